The number of anilines is 1. The molecule has 0 aromatic heterocycles. The van der Waals surface area contributed by atoms with Gasteiger partial charge < -0.3 is 19.9 Å². The molecule has 4 aliphatic rings. The molecule has 6 rings (SSSR count). The van der Waals surface area contributed by atoms with Gasteiger partial charge in [-0.05, 0) is 68.0 Å². The normalized spacial score (nSPS) is 24.7. The Morgan fingerprint density at radius 1 is 1.20 bits per heavy atom. The highest BCUT2D eigenvalue weighted by atomic mass is 16.5. The molecule has 30 heavy (non-hydrogen) atoms. The molecule has 6 heteroatoms. The number of nitrogens with one attached hydrogen (secondary N) is 1. The summed E-state index contributed by atoms with van der Waals surface area (Å²) in [5, 5.41) is 3.00. The van der Waals surface area contributed by atoms with Gasteiger partial charge in [-0.3, -0.25) is 4.79 Å². The van der Waals surface area contributed by atoms with Crippen LogP contribution in [0.25, 0.3) is 0 Å². The van der Waals surface area contributed by atoms with E-state index in [4.69, 9.17) is 4.74 Å². The van der Waals surface area contributed by atoms with Crippen molar-refractivity contribution in [1.29, 1.82) is 0 Å². The molecule has 156 valence electrons. The third kappa shape index (κ3) is 2.85. The van der Waals surface area contributed by atoms with Gasteiger partial charge >= 0.3 is 6.03 Å². The topological polar surface area (TPSA) is 61.9 Å². The second-order valence-electron chi connectivity index (χ2n) is 8.63. The maximum absolute atomic E-state index is 13.5. The van der Waals surface area contributed by atoms with Crippen LogP contribution in [0, 0.1) is 6.92 Å². The Balaban J connectivity index is 1.51. The van der Waals surface area contributed by atoms with Crippen LogP contribution in [-0.2, 0) is 16.8 Å². The Labute approximate surface area is 176 Å². The number of amides is 3. The standard InChI is InChI=1S/C24H27N3O3/c1-16-5-7-18(8-6-16)25-23(29)26-15-24-12-3-4-21(26)22(28)27(24)13-11-17-14-19(30-2)9-10-20(17)24/h5-10,14,21H,3-4,11-13,15H2,1-2H3,(H,25,29). The Morgan fingerprint density at radius 2 is 2.00 bits per heavy atom. The minimum Gasteiger partial charge on any atom is -0.497 e. The van der Waals surface area contributed by atoms with Gasteiger partial charge in [-0.15, -0.1) is 0 Å². The highest BCUT2D eigenvalue weighted by Gasteiger charge is 2.55. The predicted molar refractivity (Wildman–Crippen MR) is 115 cm³/mol. The Hall–Kier alpha value is -3.02. The summed E-state index contributed by atoms with van der Waals surface area (Å²) in [6, 6.07) is 13.3. The van der Waals surface area contributed by atoms with Gasteiger partial charge in [0.05, 0.1) is 19.2 Å². The third-order valence-corrected chi connectivity index (χ3v) is 6.93. The Bertz CT molecular complexity index is 1000. The van der Waals surface area contributed by atoms with Crippen molar-refractivity contribution < 1.29 is 14.3 Å². The molecule has 2 aromatic carbocycles. The zero-order valence-electron chi connectivity index (χ0n) is 17.5. The van der Waals surface area contributed by atoms with Crippen molar-refractivity contribution >= 4 is 17.6 Å². The lowest BCUT2D eigenvalue weighted by molar-refractivity contribution is -0.150. The van der Waals surface area contributed by atoms with Crippen LogP contribution in [0.4, 0.5) is 10.5 Å². The van der Waals surface area contributed by atoms with Crippen molar-refractivity contribution in [2.45, 2.75) is 44.2 Å². The lowest BCUT2D eigenvalue weighted by Gasteiger charge is -2.54. The molecule has 3 saturated heterocycles. The van der Waals surface area contributed by atoms with E-state index in [1.165, 1.54) is 5.56 Å². The van der Waals surface area contributed by atoms with Gasteiger partial charge in [-0.2, -0.15) is 0 Å². The van der Waals surface area contributed by atoms with Crippen LogP contribution >= 0.6 is 0 Å². The Morgan fingerprint density at radius 3 is 2.77 bits per heavy atom. The highest BCUT2D eigenvalue weighted by Crippen LogP contribution is 2.47. The van der Waals surface area contributed by atoms with Crippen LogP contribution in [0.2, 0.25) is 0 Å². The van der Waals surface area contributed by atoms with Gasteiger partial charge in [0, 0.05) is 12.2 Å². The maximum Gasteiger partial charge on any atom is 0.322 e. The number of fused-ring (bicyclic) bond motifs is 4. The molecular weight excluding hydrogens is 378 g/mol. The number of piperazine rings is 1. The van der Waals surface area contributed by atoms with Gasteiger partial charge in [0.15, 0.2) is 0 Å². The zero-order valence-corrected chi connectivity index (χ0v) is 17.5. The number of carbonyl (C=O) groups excluding carboxylic acids is 2. The first-order chi connectivity index (χ1) is 14.5. The van der Waals surface area contributed by atoms with Crippen LogP contribution < -0.4 is 10.1 Å². The first kappa shape index (κ1) is 19.0. The SMILES string of the molecule is COc1ccc2c(c1)CCN1C(=O)C3CCCC21CN3C(=O)Nc1ccc(C)cc1. The summed E-state index contributed by atoms with van der Waals surface area (Å²) in [5.74, 6) is 0.917. The average molecular weight is 405 g/mol. The van der Waals surface area contributed by atoms with E-state index >= 15 is 0 Å². The first-order valence-electron chi connectivity index (χ1n) is 10.6. The molecule has 3 fully saturated rings. The number of aryl methyl sites for hydroxylation is 1. The number of rotatable bonds is 2. The van der Waals surface area contributed by atoms with Crippen molar-refractivity contribution in [3.05, 3.63) is 59.2 Å². The summed E-state index contributed by atoms with van der Waals surface area (Å²) in [5.41, 5.74) is 3.82. The Kier molecular flexibility index (Phi) is 4.45. The molecular formula is C24H27N3O3. The minimum atomic E-state index is -0.450. The maximum atomic E-state index is 13.5. The summed E-state index contributed by atoms with van der Waals surface area (Å²) in [6.07, 6.45) is 3.34. The number of methoxy groups -OCH3 is 1. The van der Waals surface area contributed by atoms with E-state index in [0.29, 0.717) is 19.5 Å². The molecule has 4 heterocycles. The number of carbonyl (C=O) groups is 2. The molecule has 2 aromatic rings. The number of hydrogen-bond acceptors (Lipinski definition) is 3. The summed E-state index contributed by atoms with van der Waals surface area (Å²) < 4.78 is 5.42. The monoisotopic (exact) mass is 405 g/mol. The van der Waals surface area contributed by atoms with Gasteiger partial charge in [-0.1, -0.05) is 23.8 Å². The molecule has 0 saturated carbocycles. The van der Waals surface area contributed by atoms with Crippen LogP contribution in [-0.4, -0.2) is 48.0 Å². The molecule has 0 radical (unpaired) electrons. The van der Waals surface area contributed by atoms with E-state index in [1.54, 1.807) is 12.0 Å². The molecule has 2 atom stereocenters. The lowest BCUT2D eigenvalue weighted by Crippen LogP contribution is -2.68. The summed E-state index contributed by atoms with van der Waals surface area (Å²) >= 11 is 0. The van der Waals surface area contributed by atoms with Gasteiger partial charge in [0.2, 0.25) is 5.91 Å². The second kappa shape index (κ2) is 7.04. The van der Waals surface area contributed by atoms with Crippen LogP contribution in [0.5, 0.6) is 5.75 Å². The van der Waals surface area contributed by atoms with Crippen molar-refractivity contribution in [2.24, 2.45) is 0 Å². The smallest absolute Gasteiger partial charge is 0.322 e. The quantitative estimate of drug-likeness (QED) is 0.829. The van der Waals surface area contributed by atoms with E-state index in [2.05, 4.69) is 22.3 Å². The molecule has 6 nitrogen and oxygen atoms in total. The molecule has 3 amide bonds. The van der Waals surface area contributed by atoms with Gasteiger partial charge in [-0.25, -0.2) is 4.79 Å². The van der Waals surface area contributed by atoms with Gasteiger partial charge in [0.25, 0.3) is 0 Å². The molecule has 2 unspecified atom stereocenters. The number of nitrogens with zero attached hydrogens (tertiary/aromatic N) is 2. The number of ether oxygens (including phenoxy) is 1. The van der Waals surface area contributed by atoms with Crippen LogP contribution in [0.1, 0.15) is 36.0 Å². The lowest BCUT2D eigenvalue weighted by atomic mass is 9.76. The average Bonchev–Trinajstić information content (AvgIpc) is 3.03. The van der Waals surface area contributed by atoms with Crippen molar-refractivity contribution in [1.82, 2.24) is 9.80 Å². The van der Waals surface area contributed by atoms with Gasteiger partial charge in [0.1, 0.15) is 11.8 Å². The number of urea groups is 1. The van der Waals surface area contributed by atoms with E-state index in [9.17, 15) is 9.59 Å². The fraction of sp³-hybridized carbons (Fsp3) is 0.417. The van der Waals surface area contributed by atoms with Crippen LogP contribution in [0.3, 0.4) is 0 Å². The largest absolute Gasteiger partial charge is 0.497 e. The molecule has 0 aliphatic carbocycles. The van der Waals surface area contributed by atoms with Crippen molar-refractivity contribution in [3.63, 3.8) is 0 Å². The van der Waals surface area contributed by atoms with Crippen molar-refractivity contribution in [3.8, 4) is 5.75 Å². The highest BCUT2D eigenvalue weighted by molar-refractivity contribution is 5.95. The number of hydrogen-bond donors (Lipinski definition) is 1. The van der Waals surface area contributed by atoms with E-state index in [0.717, 1.165) is 41.8 Å². The van der Waals surface area contributed by atoms with Crippen molar-refractivity contribution in [2.75, 3.05) is 25.5 Å². The summed E-state index contributed by atoms with van der Waals surface area (Å²) in [4.78, 5) is 30.5. The first-order valence-corrected chi connectivity index (χ1v) is 10.6. The summed E-state index contributed by atoms with van der Waals surface area (Å²) in [7, 11) is 1.67. The van der Waals surface area contributed by atoms with Crippen LogP contribution in [0.15, 0.2) is 42.5 Å². The fourth-order valence-corrected chi connectivity index (χ4v) is 5.41. The fourth-order valence-electron chi connectivity index (χ4n) is 5.41. The minimum absolute atomic E-state index is 0.0827. The zero-order chi connectivity index (χ0) is 20.9. The third-order valence-electron chi connectivity index (χ3n) is 6.93. The molecule has 4 aliphatic heterocycles. The number of benzene rings is 2. The van der Waals surface area contributed by atoms with E-state index in [-0.39, 0.29) is 18.0 Å². The summed E-state index contributed by atoms with van der Waals surface area (Å²) in [6.45, 7) is 3.24. The van der Waals surface area contributed by atoms with E-state index < -0.39 is 5.54 Å². The molecule has 2 bridgehead atoms. The predicted octanol–water partition coefficient (Wildman–Crippen LogP) is 3.68. The molecule has 1 N–H and O–H groups in total. The van der Waals surface area contributed by atoms with E-state index in [1.807, 2.05) is 37.3 Å². The second-order valence-corrected chi connectivity index (χ2v) is 8.63. The molecule has 1 spiro atoms.